The number of rotatable bonds is 16. The highest BCUT2D eigenvalue weighted by atomic mass is 16.5. The summed E-state index contributed by atoms with van der Waals surface area (Å²) in [5, 5.41) is 76.7. The number of amides is 9. The van der Waals surface area contributed by atoms with E-state index in [0.29, 0.717) is 22.9 Å². The predicted octanol–water partition coefficient (Wildman–Crippen LogP) is -2.76. The number of hydrogen-bond acceptors (Lipinski definition) is 18. The fourth-order valence-electron chi connectivity index (χ4n) is 8.79. The maximum Gasteiger partial charge on any atom is 0.329 e. The van der Waals surface area contributed by atoms with Crippen molar-refractivity contribution in [3.8, 4) is 0 Å². The van der Waals surface area contributed by atoms with E-state index in [2.05, 4.69) is 52.8 Å². The van der Waals surface area contributed by atoms with Crippen LogP contribution in [0.15, 0.2) is 78.3 Å². The number of aliphatic hydroxyl groups excluding tert-OH is 5. The topological polar surface area (TPSA) is 457 Å². The standard InChI is InChI=1S/C57H82N12O16/c1-9-29(7)40(59)52(79)69-44-47(28(5)6)85-57(84)37(23-31-17-12-11-13-18-31)63-49(76)36(21-16-22-58)62-55(82)43(46(74)33-24-60-35-20-15-14-19-32(33)35)68-50(77)38(25-70)64-48(75)34(10-2)61-54(81)42(45(73)27(3)4)67-51(78)39(26-71)65-53(80)41(30(8)72)66-56(44)83/h10-15,17-20,24,27-30,36-42,44-45,47,60,70-74H,9,16,21-23,25-26,58-59H2,1-8H3,(H,61,81)(H,62,82)(H,63,76)(H,64,75)(H,65,80)(H,66,83)(H,67,78)(H,68,77)(H,69,79). The first-order valence-corrected chi connectivity index (χ1v) is 27.9. The third-order valence-corrected chi connectivity index (χ3v) is 14.2. The number of carbonyl (C=O) groups is 10. The molecule has 0 saturated carbocycles. The van der Waals surface area contributed by atoms with Crippen molar-refractivity contribution in [2.24, 2.45) is 29.2 Å². The molecule has 19 N–H and O–H groups in total. The molecule has 1 aromatic heterocycles. The molecule has 3 aromatic rings. The van der Waals surface area contributed by atoms with Crippen molar-refractivity contribution in [1.29, 1.82) is 0 Å². The van der Waals surface area contributed by atoms with E-state index in [1.807, 2.05) is 0 Å². The highest BCUT2D eigenvalue weighted by Crippen LogP contribution is 2.26. The van der Waals surface area contributed by atoms with Crippen LogP contribution in [0.2, 0.25) is 0 Å². The minimum atomic E-state index is -2.00. The molecule has 2 aromatic carbocycles. The number of hydrogen-bond donors (Lipinski definition) is 17. The van der Waals surface area contributed by atoms with Gasteiger partial charge in [-0.15, -0.1) is 0 Å². The Morgan fingerprint density at radius 2 is 1.29 bits per heavy atom. The van der Waals surface area contributed by atoms with E-state index in [0.717, 1.165) is 13.0 Å². The lowest BCUT2D eigenvalue weighted by molar-refractivity contribution is -0.160. The van der Waals surface area contributed by atoms with Crippen LogP contribution >= 0.6 is 0 Å². The molecule has 9 amide bonds. The molecule has 1 aliphatic rings. The normalized spacial score (nSPS) is 25.1. The average Bonchev–Trinajstić information content (AvgIpc) is 3.29. The first-order chi connectivity index (χ1) is 40.2. The second-order valence-electron chi connectivity index (χ2n) is 21.3. The van der Waals surface area contributed by atoms with E-state index in [9.17, 15) is 73.5 Å². The number of benzene rings is 2. The number of fused-ring (bicyclic) bond motifs is 1. The molecule has 1 fully saturated rings. The lowest BCUT2D eigenvalue weighted by atomic mass is 9.95. The van der Waals surface area contributed by atoms with E-state index in [-0.39, 0.29) is 31.4 Å². The highest BCUT2D eigenvalue weighted by molar-refractivity contribution is 6.08. The Labute approximate surface area is 491 Å². The molecule has 4 rings (SSSR count). The van der Waals surface area contributed by atoms with Crippen LogP contribution in [0.25, 0.3) is 16.7 Å². The number of aromatic amines is 1. The summed E-state index contributed by atoms with van der Waals surface area (Å²) in [5.41, 5.74) is 11.6. The molecule has 28 nitrogen and oxygen atoms in total. The molecule has 12 unspecified atom stereocenters. The molecule has 0 radical (unpaired) electrons. The number of nitrogens with one attached hydrogen (secondary N) is 10. The second kappa shape index (κ2) is 32.7. The Morgan fingerprint density at radius 3 is 1.88 bits per heavy atom. The fourth-order valence-corrected chi connectivity index (χ4v) is 8.79. The van der Waals surface area contributed by atoms with E-state index < -0.39 is 174 Å². The van der Waals surface area contributed by atoms with Gasteiger partial charge in [0, 0.05) is 29.1 Å². The summed E-state index contributed by atoms with van der Waals surface area (Å²) >= 11 is 0. The monoisotopic (exact) mass is 1190 g/mol. The lowest BCUT2D eigenvalue weighted by Gasteiger charge is -2.34. The van der Waals surface area contributed by atoms with Crippen molar-refractivity contribution in [3.63, 3.8) is 0 Å². The van der Waals surface area contributed by atoms with Gasteiger partial charge >= 0.3 is 5.97 Å². The molecular formula is C57H82N12O16. The molecule has 28 heteroatoms. The van der Waals surface area contributed by atoms with Gasteiger partial charge in [-0.25, -0.2) is 4.79 Å². The maximum absolute atomic E-state index is 14.8. The number of allylic oxidation sites excluding steroid dienone is 1. The van der Waals surface area contributed by atoms with Crippen molar-refractivity contribution >= 4 is 75.8 Å². The number of H-pyrrole nitrogens is 1. The number of ether oxygens (including phenoxy) is 1. The van der Waals surface area contributed by atoms with Gasteiger partial charge in [-0.3, -0.25) is 43.2 Å². The summed E-state index contributed by atoms with van der Waals surface area (Å²) in [7, 11) is 0. The Bertz CT molecular complexity index is 2910. The smallest absolute Gasteiger partial charge is 0.329 e. The third-order valence-electron chi connectivity index (χ3n) is 14.2. The van der Waals surface area contributed by atoms with Crippen LogP contribution in [-0.2, 0) is 59.1 Å². The van der Waals surface area contributed by atoms with Gasteiger partial charge in [0.2, 0.25) is 41.4 Å². The summed E-state index contributed by atoms with van der Waals surface area (Å²) in [6, 6.07) is 0.426. The summed E-state index contributed by atoms with van der Waals surface area (Å²) in [6.07, 6.45) is -2.87. The van der Waals surface area contributed by atoms with E-state index in [1.165, 1.54) is 40.8 Å². The van der Waals surface area contributed by atoms with Gasteiger partial charge < -0.3 is 94.6 Å². The van der Waals surface area contributed by atoms with Crippen LogP contribution in [0.4, 0.5) is 0 Å². The maximum atomic E-state index is 14.8. The van der Waals surface area contributed by atoms with Crippen molar-refractivity contribution in [2.45, 2.75) is 148 Å². The SMILES string of the molecule is CC=C1NC(=O)C(C(O)C(C)C)NC(=O)C(CO)NC(=O)C(C(C)O)NC(=O)C(NC(=O)C(N)C(C)CC)C(C(C)C)OC(=O)C(Cc2ccccc2)NC(=O)C(CCCN)NC(=O)C(=C(O)c2c[nH]c3ccccc23)NC(=O)C(CO)NC1=O. The summed E-state index contributed by atoms with van der Waals surface area (Å²) in [6.45, 7) is 9.39. The molecular weight excluding hydrogens is 1110 g/mol. The zero-order valence-corrected chi connectivity index (χ0v) is 48.8. The Hall–Kier alpha value is -8.28. The fraction of sp³-hybridized carbons (Fsp3) is 0.509. The molecule has 1 aliphatic heterocycles. The molecule has 0 bridgehead atoms. The minimum Gasteiger partial charge on any atom is -0.505 e. The van der Waals surface area contributed by atoms with Gasteiger partial charge in [-0.05, 0) is 62.6 Å². The van der Waals surface area contributed by atoms with Crippen LogP contribution in [0.3, 0.4) is 0 Å². The van der Waals surface area contributed by atoms with Gasteiger partial charge in [0.25, 0.3) is 11.8 Å². The predicted molar refractivity (Wildman–Crippen MR) is 309 cm³/mol. The number of carbonyl (C=O) groups excluding carboxylic acids is 10. The van der Waals surface area contributed by atoms with Crippen molar-refractivity contribution < 1.29 is 78.2 Å². The third kappa shape index (κ3) is 18.9. The largest absolute Gasteiger partial charge is 0.505 e. The molecule has 85 heavy (non-hydrogen) atoms. The highest BCUT2D eigenvalue weighted by Gasteiger charge is 2.42. The van der Waals surface area contributed by atoms with Crippen LogP contribution < -0.4 is 59.3 Å². The van der Waals surface area contributed by atoms with E-state index in [1.54, 1.807) is 68.4 Å². The number of cyclic esters (lactones) is 1. The Balaban J connectivity index is 1.98. The summed E-state index contributed by atoms with van der Waals surface area (Å²) in [4.78, 5) is 146. The number of esters is 1. The molecule has 12 atom stereocenters. The van der Waals surface area contributed by atoms with E-state index >= 15 is 0 Å². The summed E-state index contributed by atoms with van der Waals surface area (Å²) in [5.74, 6) is -15.1. The molecule has 0 spiro atoms. The number of para-hydroxylation sites is 1. The Kier molecular flexibility index (Phi) is 26.6. The molecule has 466 valence electrons. The molecule has 0 aliphatic carbocycles. The van der Waals surface area contributed by atoms with Gasteiger partial charge in [0.15, 0.2) is 5.76 Å². The first-order valence-electron chi connectivity index (χ1n) is 27.9. The number of aliphatic hydroxyl groups is 5. The van der Waals surface area contributed by atoms with Gasteiger partial charge in [0.05, 0.1) is 31.5 Å². The van der Waals surface area contributed by atoms with Gasteiger partial charge in [0.1, 0.15) is 59.8 Å². The molecule has 1 saturated heterocycles. The van der Waals surface area contributed by atoms with Gasteiger partial charge in [-0.2, -0.15) is 0 Å². The minimum absolute atomic E-state index is 0.0270. The van der Waals surface area contributed by atoms with Crippen LogP contribution in [-0.4, -0.2) is 176 Å². The lowest BCUT2D eigenvalue weighted by Crippen LogP contribution is -2.65. The van der Waals surface area contributed by atoms with Crippen LogP contribution in [0, 0.1) is 17.8 Å². The second-order valence-corrected chi connectivity index (χ2v) is 21.3. The Morgan fingerprint density at radius 1 is 0.706 bits per heavy atom. The van der Waals surface area contributed by atoms with Crippen molar-refractivity contribution in [3.05, 3.63) is 89.4 Å². The zero-order chi connectivity index (χ0) is 63.4. The summed E-state index contributed by atoms with van der Waals surface area (Å²) < 4.78 is 6.09. The van der Waals surface area contributed by atoms with Crippen LogP contribution in [0.1, 0.15) is 85.8 Å². The van der Waals surface area contributed by atoms with Gasteiger partial charge in [-0.1, -0.05) is 103 Å². The van der Waals surface area contributed by atoms with Crippen molar-refractivity contribution in [2.75, 3.05) is 19.8 Å². The number of nitrogens with two attached hydrogens (primary N) is 2. The number of aromatic nitrogens is 1. The average molecular weight is 1190 g/mol. The van der Waals surface area contributed by atoms with Crippen molar-refractivity contribution in [1.82, 2.24) is 52.8 Å². The van der Waals surface area contributed by atoms with E-state index in [4.69, 9.17) is 16.2 Å². The zero-order valence-electron chi connectivity index (χ0n) is 48.8. The van der Waals surface area contributed by atoms with Crippen LogP contribution in [0.5, 0.6) is 0 Å². The molecule has 2 heterocycles. The first kappa shape index (κ1) is 69.2. The quantitative estimate of drug-likeness (QED) is 0.0393.